The van der Waals surface area contributed by atoms with Gasteiger partial charge in [-0.05, 0) is 43.0 Å². The molecule has 1 aliphatic heterocycles. The molecule has 128 valence electrons. The van der Waals surface area contributed by atoms with Crippen LogP contribution in [-0.4, -0.2) is 34.2 Å². The van der Waals surface area contributed by atoms with Crippen LogP contribution in [0.1, 0.15) is 37.0 Å². The number of aliphatic hydroxyl groups excluding tert-OH is 1. The van der Waals surface area contributed by atoms with E-state index in [-0.39, 0.29) is 11.9 Å². The van der Waals surface area contributed by atoms with Crippen molar-refractivity contribution in [3.63, 3.8) is 0 Å². The molecule has 0 amide bonds. The second-order valence-corrected chi connectivity index (χ2v) is 6.67. The molecule has 1 saturated heterocycles. The Morgan fingerprint density at radius 3 is 2.17 bits per heavy atom. The van der Waals surface area contributed by atoms with Gasteiger partial charge in [0.15, 0.2) is 0 Å². The quantitative estimate of drug-likeness (QED) is 0.905. The molecular formula is C20H24FNO2. The highest BCUT2D eigenvalue weighted by atomic mass is 19.1. The second-order valence-electron chi connectivity index (χ2n) is 6.67. The van der Waals surface area contributed by atoms with Crippen LogP contribution >= 0.6 is 0 Å². The van der Waals surface area contributed by atoms with Crippen LogP contribution in [0.4, 0.5) is 4.39 Å². The Kier molecular flexibility index (Phi) is 4.99. The molecule has 1 aliphatic rings. The topological polar surface area (TPSA) is 43.7 Å². The van der Waals surface area contributed by atoms with Crippen molar-refractivity contribution >= 4 is 0 Å². The van der Waals surface area contributed by atoms with Crippen molar-refractivity contribution < 1.29 is 14.6 Å². The summed E-state index contributed by atoms with van der Waals surface area (Å²) in [6.07, 6.45) is 0.600. The fourth-order valence-corrected chi connectivity index (χ4v) is 3.48. The standard InChI is InChI=1S/C20H24FNO2/c1-15(19(23)16-7-9-18(21)10-8-16)22-13-11-20(24,12-14-22)17-5-3-2-4-6-17/h2-10,15,19,23-24H,11-14H2,1H3. The first kappa shape index (κ1) is 17.1. The smallest absolute Gasteiger partial charge is 0.123 e. The van der Waals surface area contributed by atoms with E-state index in [0.29, 0.717) is 31.5 Å². The van der Waals surface area contributed by atoms with E-state index in [1.54, 1.807) is 12.1 Å². The summed E-state index contributed by atoms with van der Waals surface area (Å²) in [7, 11) is 0. The van der Waals surface area contributed by atoms with E-state index in [4.69, 9.17) is 0 Å². The minimum Gasteiger partial charge on any atom is -0.387 e. The highest BCUT2D eigenvalue weighted by Gasteiger charge is 2.36. The molecule has 24 heavy (non-hydrogen) atoms. The summed E-state index contributed by atoms with van der Waals surface area (Å²) in [5, 5.41) is 21.5. The summed E-state index contributed by atoms with van der Waals surface area (Å²) in [5.41, 5.74) is 0.877. The normalized spacial score (nSPS) is 20.5. The predicted molar refractivity (Wildman–Crippen MR) is 92.0 cm³/mol. The van der Waals surface area contributed by atoms with Crippen LogP contribution in [0.15, 0.2) is 54.6 Å². The highest BCUT2D eigenvalue weighted by molar-refractivity contribution is 5.23. The van der Waals surface area contributed by atoms with Crippen LogP contribution in [0.25, 0.3) is 0 Å². The number of aliphatic hydroxyl groups is 2. The van der Waals surface area contributed by atoms with Gasteiger partial charge in [0.2, 0.25) is 0 Å². The first-order chi connectivity index (χ1) is 11.5. The Labute approximate surface area is 142 Å². The van der Waals surface area contributed by atoms with Crippen molar-refractivity contribution in [2.24, 2.45) is 0 Å². The summed E-state index contributed by atoms with van der Waals surface area (Å²) in [6, 6.07) is 15.7. The van der Waals surface area contributed by atoms with Gasteiger partial charge in [0.05, 0.1) is 11.7 Å². The van der Waals surface area contributed by atoms with E-state index < -0.39 is 11.7 Å². The maximum atomic E-state index is 13.0. The molecule has 2 aromatic rings. The van der Waals surface area contributed by atoms with Crippen molar-refractivity contribution in [3.8, 4) is 0 Å². The summed E-state index contributed by atoms with van der Waals surface area (Å²) in [4.78, 5) is 2.19. The summed E-state index contributed by atoms with van der Waals surface area (Å²) >= 11 is 0. The molecule has 1 fully saturated rings. The Bertz CT molecular complexity index is 651. The van der Waals surface area contributed by atoms with Crippen LogP contribution in [-0.2, 0) is 5.60 Å². The molecule has 2 atom stereocenters. The molecule has 0 aliphatic carbocycles. The van der Waals surface area contributed by atoms with Gasteiger partial charge in [-0.25, -0.2) is 4.39 Å². The minimum absolute atomic E-state index is 0.0872. The number of hydrogen-bond donors (Lipinski definition) is 2. The molecule has 0 saturated carbocycles. The molecule has 2 aromatic carbocycles. The first-order valence-corrected chi connectivity index (χ1v) is 8.45. The largest absolute Gasteiger partial charge is 0.387 e. The number of nitrogens with zero attached hydrogens (tertiary/aromatic N) is 1. The molecule has 2 unspecified atom stereocenters. The van der Waals surface area contributed by atoms with E-state index in [2.05, 4.69) is 4.90 Å². The lowest BCUT2D eigenvalue weighted by atomic mass is 9.83. The third kappa shape index (κ3) is 3.51. The molecule has 4 heteroatoms. The van der Waals surface area contributed by atoms with Gasteiger partial charge in [0, 0.05) is 19.1 Å². The van der Waals surface area contributed by atoms with Gasteiger partial charge >= 0.3 is 0 Å². The van der Waals surface area contributed by atoms with Crippen LogP contribution in [0.3, 0.4) is 0 Å². The molecule has 3 rings (SSSR count). The summed E-state index contributed by atoms with van der Waals surface area (Å²) in [5.74, 6) is -0.301. The van der Waals surface area contributed by atoms with Gasteiger partial charge in [0.25, 0.3) is 0 Å². The lowest BCUT2D eigenvalue weighted by molar-refractivity contribution is -0.0501. The monoisotopic (exact) mass is 329 g/mol. The molecule has 0 spiro atoms. The average Bonchev–Trinajstić information content (AvgIpc) is 2.62. The maximum Gasteiger partial charge on any atom is 0.123 e. The number of likely N-dealkylation sites (tertiary alicyclic amines) is 1. The molecule has 0 aromatic heterocycles. The molecule has 0 bridgehead atoms. The SMILES string of the molecule is CC(C(O)c1ccc(F)cc1)N1CCC(O)(c2ccccc2)CC1. The van der Waals surface area contributed by atoms with E-state index in [1.165, 1.54) is 12.1 Å². The van der Waals surface area contributed by atoms with Crippen molar-refractivity contribution in [2.75, 3.05) is 13.1 Å². The molecule has 2 N–H and O–H groups in total. The molecular weight excluding hydrogens is 305 g/mol. The Hall–Kier alpha value is -1.75. The Morgan fingerprint density at radius 2 is 1.58 bits per heavy atom. The zero-order chi connectivity index (χ0) is 17.2. The van der Waals surface area contributed by atoms with Gasteiger partial charge in [-0.3, -0.25) is 4.90 Å². The maximum absolute atomic E-state index is 13.0. The number of piperidine rings is 1. The summed E-state index contributed by atoms with van der Waals surface area (Å²) < 4.78 is 13.0. The third-order valence-electron chi connectivity index (χ3n) is 5.18. The molecule has 3 nitrogen and oxygen atoms in total. The third-order valence-corrected chi connectivity index (χ3v) is 5.18. The van der Waals surface area contributed by atoms with E-state index >= 15 is 0 Å². The van der Waals surface area contributed by atoms with Crippen LogP contribution in [0.2, 0.25) is 0 Å². The van der Waals surface area contributed by atoms with Gasteiger partial charge in [-0.2, -0.15) is 0 Å². The second kappa shape index (κ2) is 7.01. The zero-order valence-electron chi connectivity index (χ0n) is 13.9. The van der Waals surface area contributed by atoms with Gasteiger partial charge in [0.1, 0.15) is 5.82 Å². The Balaban J connectivity index is 1.64. The van der Waals surface area contributed by atoms with Gasteiger partial charge < -0.3 is 10.2 Å². The van der Waals surface area contributed by atoms with Crippen LogP contribution in [0.5, 0.6) is 0 Å². The molecule has 1 heterocycles. The fraction of sp³-hybridized carbons (Fsp3) is 0.400. The predicted octanol–water partition coefficient (Wildman–Crippen LogP) is 3.23. The van der Waals surface area contributed by atoms with Crippen molar-refractivity contribution in [1.82, 2.24) is 4.90 Å². The highest BCUT2D eigenvalue weighted by Crippen LogP contribution is 2.34. The number of halogens is 1. The summed E-state index contributed by atoms with van der Waals surface area (Å²) in [6.45, 7) is 3.40. The van der Waals surface area contributed by atoms with Crippen LogP contribution in [0, 0.1) is 5.82 Å². The van der Waals surface area contributed by atoms with Crippen molar-refractivity contribution in [2.45, 2.75) is 37.5 Å². The lowest BCUT2D eigenvalue weighted by Crippen LogP contribution is -2.47. The van der Waals surface area contributed by atoms with Gasteiger partial charge in [-0.1, -0.05) is 42.5 Å². The average molecular weight is 329 g/mol. The van der Waals surface area contributed by atoms with Gasteiger partial charge in [-0.15, -0.1) is 0 Å². The first-order valence-electron chi connectivity index (χ1n) is 8.45. The van der Waals surface area contributed by atoms with E-state index in [0.717, 1.165) is 5.56 Å². The van der Waals surface area contributed by atoms with E-state index in [9.17, 15) is 14.6 Å². The van der Waals surface area contributed by atoms with E-state index in [1.807, 2.05) is 37.3 Å². The number of hydrogen-bond acceptors (Lipinski definition) is 3. The van der Waals surface area contributed by atoms with Crippen LogP contribution < -0.4 is 0 Å². The minimum atomic E-state index is -0.793. The lowest BCUT2D eigenvalue weighted by Gasteiger charge is -2.42. The number of benzene rings is 2. The fourth-order valence-electron chi connectivity index (χ4n) is 3.48. The zero-order valence-corrected chi connectivity index (χ0v) is 13.9. The molecule has 0 radical (unpaired) electrons. The Morgan fingerprint density at radius 1 is 1.00 bits per heavy atom. The number of rotatable bonds is 4. The van der Waals surface area contributed by atoms with Crippen molar-refractivity contribution in [3.05, 3.63) is 71.5 Å². The van der Waals surface area contributed by atoms with Crippen molar-refractivity contribution in [1.29, 1.82) is 0 Å².